The first-order chi connectivity index (χ1) is 17.9. The summed E-state index contributed by atoms with van der Waals surface area (Å²) in [5.41, 5.74) is 5.38. The number of hydrogen-bond donors (Lipinski definition) is 2. The Balaban J connectivity index is 1.48. The van der Waals surface area contributed by atoms with Gasteiger partial charge in [-0.05, 0) is 53.1 Å². The zero-order valence-electron chi connectivity index (χ0n) is 20.6. The van der Waals surface area contributed by atoms with Gasteiger partial charge in [-0.15, -0.1) is 0 Å². The van der Waals surface area contributed by atoms with Gasteiger partial charge < -0.3 is 10.6 Å². The fourth-order valence-electron chi connectivity index (χ4n) is 3.90. The normalized spacial score (nSPS) is 11.5. The van der Waals surface area contributed by atoms with E-state index >= 15 is 0 Å². The smallest absolute Gasteiger partial charge is 0.229 e. The lowest BCUT2D eigenvalue weighted by molar-refractivity contribution is 0.520. The molecule has 186 valence electrons. The molecule has 8 heteroatoms. The van der Waals surface area contributed by atoms with Gasteiger partial charge in [0.1, 0.15) is 5.82 Å². The van der Waals surface area contributed by atoms with E-state index < -0.39 is 10.0 Å². The minimum Gasteiger partial charge on any atom is -0.340 e. The number of nitrogens with zero attached hydrogens (tertiary/aromatic N) is 3. The van der Waals surface area contributed by atoms with E-state index in [1.807, 2.05) is 66.7 Å². The first-order valence-corrected chi connectivity index (χ1v) is 13.4. The highest BCUT2D eigenvalue weighted by molar-refractivity contribution is 7.88. The van der Waals surface area contributed by atoms with Gasteiger partial charge in [-0.1, -0.05) is 66.7 Å². The first kappa shape index (κ1) is 24.4. The Morgan fingerprint density at radius 2 is 1.35 bits per heavy atom. The van der Waals surface area contributed by atoms with Gasteiger partial charge in [-0.3, -0.25) is 0 Å². The molecule has 0 spiro atoms. The van der Waals surface area contributed by atoms with Crippen LogP contribution in [-0.2, 0) is 15.8 Å². The average molecular weight is 510 g/mol. The summed E-state index contributed by atoms with van der Waals surface area (Å²) < 4.78 is 25.6. The number of benzene rings is 4. The fraction of sp³-hybridized carbons (Fsp3) is 0.103. The molecule has 0 saturated heterocycles. The molecular weight excluding hydrogens is 482 g/mol. The Morgan fingerprint density at radius 3 is 2.03 bits per heavy atom. The van der Waals surface area contributed by atoms with Crippen molar-refractivity contribution in [2.75, 3.05) is 24.7 Å². The van der Waals surface area contributed by atoms with Crippen LogP contribution in [0.2, 0.25) is 0 Å². The first-order valence-electron chi connectivity index (χ1n) is 11.8. The van der Waals surface area contributed by atoms with Gasteiger partial charge >= 0.3 is 0 Å². The second kappa shape index (κ2) is 10.4. The predicted molar refractivity (Wildman–Crippen MR) is 151 cm³/mol. The highest BCUT2D eigenvalue weighted by atomic mass is 32.2. The molecule has 7 nitrogen and oxygen atoms in total. The summed E-state index contributed by atoms with van der Waals surface area (Å²) in [4.78, 5) is 9.54. The maximum atomic E-state index is 12.2. The molecule has 37 heavy (non-hydrogen) atoms. The van der Waals surface area contributed by atoms with Crippen molar-refractivity contribution in [3.05, 3.63) is 109 Å². The van der Waals surface area contributed by atoms with Gasteiger partial charge in [0.15, 0.2) is 0 Å². The van der Waals surface area contributed by atoms with Crippen molar-refractivity contribution in [2.45, 2.75) is 5.75 Å². The van der Waals surface area contributed by atoms with Crippen LogP contribution in [0, 0.1) is 0 Å². The molecule has 0 aliphatic carbocycles. The largest absolute Gasteiger partial charge is 0.340 e. The van der Waals surface area contributed by atoms with E-state index in [1.165, 1.54) is 18.4 Å². The molecule has 0 saturated carbocycles. The number of nitrogens with one attached hydrogen (secondary N) is 2. The lowest BCUT2D eigenvalue weighted by Gasteiger charge is -2.14. The molecule has 1 aromatic heterocycles. The highest BCUT2D eigenvalue weighted by Crippen LogP contribution is 2.30. The Hall–Kier alpha value is -4.27. The SMILES string of the molecule is CN(C)S(=O)(=O)Cc1ccc(Nc2nc(Nc3ccccc3)c3cc(-c4ccccc4)ccc3n2)cc1. The van der Waals surface area contributed by atoms with Crippen LogP contribution >= 0.6 is 0 Å². The summed E-state index contributed by atoms with van der Waals surface area (Å²) in [7, 11) is -0.259. The molecule has 0 amide bonds. The van der Waals surface area contributed by atoms with Gasteiger partial charge in [0, 0.05) is 30.9 Å². The summed E-state index contributed by atoms with van der Waals surface area (Å²) in [6.07, 6.45) is 0. The average Bonchev–Trinajstić information content (AvgIpc) is 2.90. The third kappa shape index (κ3) is 5.77. The van der Waals surface area contributed by atoms with Crippen molar-refractivity contribution >= 4 is 44.1 Å². The van der Waals surface area contributed by atoms with E-state index in [-0.39, 0.29) is 5.75 Å². The topological polar surface area (TPSA) is 87.2 Å². The van der Waals surface area contributed by atoms with E-state index in [1.54, 1.807) is 12.1 Å². The molecule has 0 atom stereocenters. The lowest BCUT2D eigenvalue weighted by atomic mass is 10.0. The summed E-state index contributed by atoms with van der Waals surface area (Å²) >= 11 is 0. The second-order valence-corrected chi connectivity index (χ2v) is 11.0. The molecule has 0 fully saturated rings. The number of anilines is 4. The van der Waals surface area contributed by atoms with E-state index in [2.05, 4.69) is 34.9 Å². The predicted octanol–water partition coefficient (Wildman–Crippen LogP) is 6.18. The highest BCUT2D eigenvalue weighted by Gasteiger charge is 2.15. The molecule has 4 aromatic carbocycles. The molecule has 1 heterocycles. The zero-order chi connectivity index (χ0) is 25.8. The molecule has 5 rings (SSSR count). The van der Waals surface area contributed by atoms with E-state index in [0.717, 1.165) is 33.4 Å². The van der Waals surface area contributed by atoms with Gasteiger partial charge in [-0.25, -0.2) is 17.7 Å². The van der Waals surface area contributed by atoms with Crippen molar-refractivity contribution in [1.29, 1.82) is 0 Å². The Labute approximate surface area is 216 Å². The van der Waals surface area contributed by atoms with E-state index in [9.17, 15) is 8.42 Å². The van der Waals surface area contributed by atoms with E-state index in [4.69, 9.17) is 9.97 Å². The molecule has 0 radical (unpaired) electrons. The van der Waals surface area contributed by atoms with Gasteiger partial charge in [-0.2, -0.15) is 4.98 Å². The number of fused-ring (bicyclic) bond motifs is 1. The molecule has 0 aliphatic rings. The van der Waals surface area contributed by atoms with Crippen LogP contribution < -0.4 is 10.6 Å². The monoisotopic (exact) mass is 509 g/mol. The zero-order valence-corrected chi connectivity index (χ0v) is 21.4. The molecule has 5 aromatic rings. The van der Waals surface area contributed by atoms with Crippen molar-refractivity contribution in [3.63, 3.8) is 0 Å². The lowest BCUT2D eigenvalue weighted by Crippen LogP contribution is -2.23. The van der Waals surface area contributed by atoms with Crippen molar-refractivity contribution in [1.82, 2.24) is 14.3 Å². The van der Waals surface area contributed by atoms with Crippen molar-refractivity contribution < 1.29 is 8.42 Å². The van der Waals surface area contributed by atoms with Gasteiger partial charge in [0.05, 0.1) is 11.3 Å². The van der Waals surface area contributed by atoms with Crippen molar-refractivity contribution in [3.8, 4) is 11.1 Å². The molecule has 0 bridgehead atoms. The number of rotatable bonds is 8. The quantitative estimate of drug-likeness (QED) is 0.260. The van der Waals surface area contributed by atoms with E-state index in [0.29, 0.717) is 17.3 Å². The standard InChI is InChI=1S/C29H27N5O2S/c1-34(2)37(35,36)20-21-13-16-25(17-14-21)31-29-32-27-18-15-23(22-9-5-3-6-10-22)19-26(27)28(33-29)30-24-11-7-4-8-12-24/h3-19H,20H2,1-2H3,(H2,30,31,32,33). The van der Waals surface area contributed by atoms with Crippen LogP contribution in [0.1, 0.15) is 5.56 Å². The van der Waals surface area contributed by atoms with Gasteiger partial charge in [0.25, 0.3) is 0 Å². The minimum absolute atomic E-state index is 0.0539. The molecule has 0 unspecified atom stereocenters. The van der Waals surface area contributed by atoms with Crippen LogP contribution in [0.15, 0.2) is 103 Å². The second-order valence-electron chi connectivity index (χ2n) is 8.85. The molecule has 0 aliphatic heterocycles. The third-order valence-electron chi connectivity index (χ3n) is 5.95. The maximum Gasteiger partial charge on any atom is 0.229 e. The summed E-state index contributed by atoms with van der Waals surface area (Å²) in [6.45, 7) is 0. The summed E-state index contributed by atoms with van der Waals surface area (Å²) in [5, 5.41) is 7.60. The van der Waals surface area contributed by atoms with Crippen LogP contribution in [0.25, 0.3) is 22.0 Å². The molecular formula is C29H27N5O2S. The number of sulfonamides is 1. The van der Waals surface area contributed by atoms with Crippen LogP contribution in [0.5, 0.6) is 0 Å². The Morgan fingerprint density at radius 1 is 0.703 bits per heavy atom. The van der Waals surface area contributed by atoms with Crippen molar-refractivity contribution in [2.24, 2.45) is 0 Å². The summed E-state index contributed by atoms with van der Waals surface area (Å²) in [5.74, 6) is 1.07. The number of hydrogen-bond acceptors (Lipinski definition) is 6. The Bertz CT molecular complexity index is 1620. The number of aromatic nitrogens is 2. The fourth-order valence-corrected chi connectivity index (χ4v) is 4.77. The third-order valence-corrected chi connectivity index (χ3v) is 7.77. The summed E-state index contributed by atoms with van der Waals surface area (Å²) in [6, 6.07) is 33.5. The number of para-hydroxylation sites is 1. The van der Waals surface area contributed by atoms with Crippen LogP contribution in [0.3, 0.4) is 0 Å². The van der Waals surface area contributed by atoms with Crippen LogP contribution in [-0.4, -0.2) is 36.8 Å². The minimum atomic E-state index is -3.33. The van der Waals surface area contributed by atoms with Crippen LogP contribution in [0.4, 0.5) is 23.1 Å². The molecule has 2 N–H and O–H groups in total. The maximum absolute atomic E-state index is 12.2. The Kier molecular flexibility index (Phi) is 6.85. The van der Waals surface area contributed by atoms with Gasteiger partial charge in [0.2, 0.25) is 16.0 Å².